The van der Waals surface area contributed by atoms with Crippen LogP contribution in [-0.4, -0.2) is 24.8 Å². The first kappa shape index (κ1) is 20.9. The van der Waals surface area contributed by atoms with E-state index in [1.165, 1.54) is 12.1 Å². The normalized spacial score (nSPS) is 12.8. The monoisotopic (exact) mass is 437 g/mol. The van der Waals surface area contributed by atoms with Crippen molar-refractivity contribution in [3.63, 3.8) is 0 Å². The van der Waals surface area contributed by atoms with Crippen LogP contribution >= 0.6 is 11.6 Å². The fourth-order valence-electron chi connectivity index (χ4n) is 3.27. The molecule has 4 rings (SSSR count). The van der Waals surface area contributed by atoms with Crippen molar-refractivity contribution in [1.82, 2.24) is 5.43 Å². The van der Waals surface area contributed by atoms with E-state index in [1.54, 1.807) is 18.2 Å². The number of hydrazone groups is 1. The van der Waals surface area contributed by atoms with Gasteiger partial charge in [-0.25, -0.2) is 9.38 Å². The van der Waals surface area contributed by atoms with Gasteiger partial charge in [-0.3, -0.25) is 5.43 Å². The Labute approximate surface area is 185 Å². The molecule has 1 aliphatic rings. The van der Waals surface area contributed by atoms with E-state index in [0.29, 0.717) is 52.5 Å². The van der Waals surface area contributed by atoms with Crippen LogP contribution in [0, 0.1) is 5.82 Å². The van der Waals surface area contributed by atoms with Gasteiger partial charge in [-0.05, 0) is 74.5 Å². The van der Waals surface area contributed by atoms with E-state index in [9.17, 15) is 4.39 Å². The molecule has 0 bridgehead atoms. The number of hydrogen-bond acceptors (Lipinski definition) is 5. The lowest BCUT2D eigenvalue weighted by Gasteiger charge is -2.14. The van der Waals surface area contributed by atoms with Crippen molar-refractivity contribution in [3.05, 3.63) is 88.2 Å². The molecule has 0 radical (unpaired) electrons. The van der Waals surface area contributed by atoms with Crippen molar-refractivity contribution in [1.29, 1.82) is 0 Å². The van der Waals surface area contributed by atoms with E-state index in [-0.39, 0.29) is 5.82 Å². The molecule has 1 N–H and O–H groups in total. The number of fused-ring (bicyclic) bond motifs is 1. The number of nitrogens with zero attached hydrogens (tertiary/aromatic N) is 2. The standard InChI is InChI=1S/C24H21ClFN3O2/c1-3-30-21-12-7-16(13-22(21)31-4-2)23-19-14-17(25)8-11-20(19)27-24(29-28-23)15-5-9-18(26)10-6-15/h5-14H,3-4H2,1-2H3,(H,27,29). The molecule has 0 spiro atoms. The van der Waals surface area contributed by atoms with Gasteiger partial charge in [0.2, 0.25) is 0 Å². The first-order valence-electron chi connectivity index (χ1n) is 9.97. The first-order chi connectivity index (χ1) is 15.1. The fourth-order valence-corrected chi connectivity index (χ4v) is 3.44. The van der Waals surface area contributed by atoms with Crippen molar-refractivity contribution in [2.24, 2.45) is 10.1 Å². The average Bonchev–Trinajstić information content (AvgIpc) is 2.95. The molecule has 0 saturated heterocycles. The van der Waals surface area contributed by atoms with E-state index >= 15 is 0 Å². The van der Waals surface area contributed by atoms with Crippen LogP contribution in [0.3, 0.4) is 0 Å². The molecular weight excluding hydrogens is 417 g/mol. The zero-order valence-electron chi connectivity index (χ0n) is 17.2. The highest BCUT2D eigenvalue weighted by Gasteiger charge is 2.19. The predicted octanol–water partition coefficient (Wildman–Crippen LogP) is 5.71. The Kier molecular flexibility index (Phi) is 6.18. The van der Waals surface area contributed by atoms with Gasteiger partial charge in [0, 0.05) is 21.7 Å². The second-order valence-electron chi connectivity index (χ2n) is 6.73. The average molecular weight is 438 g/mol. The maximum absolute atomic E-state index is 13.4. The van der Waals surface area contributed by atoms with Crippen LogP contribution < -0.4 is 14.9 Å². The highest BCUT2D eigenvalue weighted by molar-refractivity contribution is 6.31. The molecule has 31 heavy (non-hydrogen) atoms. The first-order valence-corrected chi connectivity index (χ1v) is 10.3. The van der Waals surface area contributed by atoms with E-state index < -0.39 is 0 Å². The van der Waals surface area contributed by atoms with Crippen molar-refractivity contribution >= 4 is 28.8 Å². The number of nitrogens with one attached hydrogen (secondary N) is 1. The third-order valence-electron chi connectivity index (χ3n) is 4.65. The molecule has 158 valence electrons. The summed E-state index contributed by atoms with van der Waals surface area (Å²) in [5.41, 5.74) is 6.67. The number of rotatable bonds is 6. The fraction of sp³-hybridized carbons (Fsp3) is 0.167. The highest BCUT2D eigenvalue weighted by atomic mass is 35.5. The molecule has 0 saturated carbocycles. The second-order valence-corrected chi connectivity index (χ2v) is 7.16. The van der Waals surface area contributed by atoms with Crippen LogP contribution in [0.4, 0.5) is 10.1 Å². The molecule has 1 heterocycles. The Bertz CT molecular complexity index is 1160. The van der Waals surface area contributed by atoms with Crippen LogP contribution in [0.5, 0.6) is 11.5 Å². The van der Waals surface area contributed by atoms with Crippen molar-refractivity contribution in [2.75, 3.05) is 13.2 Å². The van der Waals surface area contributed by atoms with Gasteiger partial charge in [0.1, 0.15) is 11.5 Å². The minimum Gasteiger partial charge on any atom is -0.490 e. The molecule has 0 unspecified atom stereocenters. The minimum absolute atomic E-state index is 0.313. The van der Waals surface area contributed by atoms with Crippen LogP contribution in [0.2, 0.25) is 5.02 Å². The summed E-state index contributed by atoms with van der Waals surface area (Å²) in [5.74, 6) is 1.50. The van der Waals surface area contributed by atoms with E-state index in [0.717, 1.165) is 11.1 Å². The second kappa shape index (κ2) is 9.18. The third kappa shape index (κ3) is 4.54. The van der Waals surface area contributed by atoms with Crippen LogP contribution in [0.1, 0.15) is 30.5 Å². The SMILES string of the molecule is CCOc1ccc(C2=NNC(c3ccc(F)cc3)=Nc3ccc(Cl)cc32)cc1OCC. The van der Waals surface area contributed by atoms with Gasteiger partial charge in [0.25, 0.3) is 0 Å². The summed E-state index contributed by atoms with van der Waals surface area (Å²) in [6.45, 7) is 4.89. The Morgan fingerprint density at radius 3 is 2.32 bits per heavy atom. The van der Waals surface area contributed by atoms with Crippen molar-refractivity contribution < 1.29 is 13.9 Å². The van der Waals surface area contributed by atoms with Gasteiger partial charge in [-0.1, -0.05) is 11.6 Å². The van der Waals surface area contributed by atoms with Crippen molar-refractivity contribution in [3.8, 4) is 11.5 Å². The Balaban J connectivity index is 1.82. The molecule has 7 heteroatoms. The summed E-state index contributed by atoms with van der Waals surface area (Å²) in [7, 11) is 0. The molecule has 0 aliphatic carbocycles. The number of aliphatic imine (C=N–C) groups is 1. The van der Waals surface area contributed by atoms with Crippen LogP contribution in [0.15, 0.2) is 70.8 Å². The maximum Gasteiger partial charge on any atom is 0.161 e. The summed E-state index contributed by atoms with van der Waals surface area (Å²) in [6, 6.07) is 17.2. The van der Waals surface area contributed by atoms with Gasteiger partial charge in [-0.15, -0.1) is 0 Å². The van der Waals surface area contributed by atoms with E-state index in [2.05, 4.69) is 10.5 Å². The third-order valence-corrected chi connectivity index (χ3v) is 4.89. The predicted molar refractivity (Wildman–Crippen MR) is 122 cm³/mol. The highest BCUT2D eigenvalue weighted by Crippen LogP contribution is 2.33. The lowest BCUT2D eigenvalue weighted by Crippen LogP contribution is -2.19. The molecular formula is C24H21ClFN3O2. The van der Waals surface area contributed by atoms with Crippen molar-refractivity contribution in [2.45, 2.75) is 13.8 Å². The topological polar surface area (TPSA) is 55.2 Å². The van der Waals surface area contributed by atoms with Gasteiger partial charge >= 0.3 is 0 Å². The minimum atomic E-state index is -0.313. The van der Waals surface area contributed by atoms with Gasteiger partial charge in [0.05, 0.1) is 18.9 Å². The summed E-state index contributed by atoms with van der Waals surface area (Å²) in [6.07, 6.45) is 0. The molecule has 0 atom stereocenters. The summed E-state index contributed by atoms with van der Waals surface area (Å²) in [5, 5.41) is 5.19. The number of amidine groups is 1. The number of benzene rings is 3. The van der Waals surface area contributed by atoms with Gasteiger partial charge in [0.15, 0.2) is 17.3 Å². The maximum atomic E-state index is 13.4. The Hall–Kier alpha value is -3.38. The molecule has 5 nitrogen and oxygen atoms in total. The lowest BCUT2D eigenvalue weighted by molar-refractivity contribution is 0.287. The molecule has 3 aromatic carbocycles. The molecule has 3 aromatic rings. The lowest BCUT2D eigenvalue weighted by atomic mass is 10.0. The zero-order valence-corrected chi connectivity index (χ0v) is 17.9. The number of hydrogen-bond donors (Lipinski definition) is 1. The van der Waals surface area contributed by atoms with Gasteiger partial charge in [-0.2, -0.15) is 5.10 Å². The largest absolute Gasteiger partial charge is 0.490 e. The number of ether oxygens (including phenoxy) is 2. The van der Waals surface area contributed by atoms with E-state index in [4.69, 9.17) is 26.1 Å². The molecule has 0 amide bonds. The van der Waals surface area contributed by atoms with E-state index in [1.807, 2.05) is 44.2 Å². The smallest absolute Gasteiger partial charge is 0.161 e. The Morgan fingerprint density at radius 2 is 1.58 bits per heavy atom. The summed E-state index contributed by atoms with van der Waals surface area (Å²) >= 11 is 6.29. The Morgan fingerprint density at radius 1 is 0.871 bits per heavy atom. The van der Waals surface area contributed by atoms with Crippen LogP contribution in [-0.2, 0) is 0 Å². The quantitative estimate of drug-likeness (QED) is 0.537. The summed E-state index contributed by atoms with van der Waals surface area (Å²) in [4.78, 5) is 4.72. The van der Waals surface area contributed by atoms with Crippen LogP contribution in [0.25, 0.3) is 0 Å². The molecule has 1 aliphatic heterocycles. The zero-order chi connectivity index (χ0) is 21.8. The molecule has 0 aromatic heterocycles. The van der Waals surface area contributed by atoms with Gasteiger partial charge < -0.3 is 9.47 Å². The number of halogens is 2. The molecule has 0 fully saturated rings. The summed E-state index contributed by atoms with van der Waals surface area (Å²) < 4.78 is 24.8.